The minimum absolute atomic E-state index is 0.467. The summed E-state index contributed by atoms with van der Waals surface area (Å²) in [6.07, 6.45) is 6.10. The Hall–Kier alpha value is -0.300. The highest BCUT2D eigenvalue weighted by Crippen LogP contribution is 2.29. The predicted octanol–water partition coefficient (Wildman–Crippen LogP) is 3.07. The molecule has 0 N–H and O–H groups in total. The summed E-state index contributed by atoms with van der Waals surface area (Å²) in [6.45, 7) is 13.1. The van der Waals surface area contributed by atoms with Gasteiger partial charge in [0.2, 0.25) is 0 Å². The summed E-state index contributed by atoms with van der Waals surface area (Å²) in [4.78, 5) is 2.57. The molecule has 0 bridgehead atoms. The summed E-state index contributed by atoms with van der Waals surface area (Å²) in [5.41, 5.74) is 0.467. The molecule has 0 aliphatic carbocycles. The maximum absolute atomic E-state index is 3.81. The smallest absolute Gasteiger partial charge is 0.0163 e. The number of likely N-dealkylation sites (tertiary alicyclic amines) is 1. The third-order valence-electron chi connectivity index (χ3n) is 2.71. The lowest BCUT2D eigenvalue weighted by atomic mass is 9.87. The summed E-state index contributed by atoms with van der Waals surface area (Å²) >= 11 is 0. The van der Waals surface area contributed by atoms with Crippen LogP contribution < -0.4 is 0 Å². The van der Waals surface area contributed by atoms with Crippen molar-refractivity contribution in [2.24, 2.45) is 5.41 Å². The third kappa shape index (κ3) is 3.51. The van der Waals surface area contributed by atoms with Crippen molar-refractivity contribution in [3.8, 4) is 0 Å². The second-order valence-electron chi connectivity index (χ2n) is 5.34. The number of nitrogens with zero attached hydrogens (tertiary/aromatic N) is 1. The van der Waals surface area contributed by atoms with Crippen LogP contribution in [0.3, 0.4) is 0 Å². The van der Waals surface area contributed by atoms with Crippen molar-refractivity contribution in [1.29, 1.82) is 0 Å². The first-order valence-electron chi connectivity index (χ1n) is 5.38. The highest BCUT2D eigenvalue weighted by atomic mass is 15.2. The maximum atomic E-state index is 3.81. The molecular formula is C12H23N. The van der Waals surface area contributed by atoms with Crippen molar-refractivity contribution in [1.82, 2.24) is 4.90 Å². The quantitative estimate of drug-likeness (QED) is 0.605. The van der Waals surface area contributed by atoms with Crippen LogP contribution in [0.4, 0.5) is 0 Å². The summed E-state index contributed by atoms with van der Waals surface area (Å²) in [6, 6.07) is 0.804. The van der Waals surface area contributed by atoms with Crippen LogP contribution in [-0.4, -0.2) is 24.0 Å². The Morgan fingerprint density at radius 1 is 1.46 bits per heavy atom. The second-order valence-corrected chi connectivity index (χ2v) is 5.34. The number of hydrogen-bond donors (Lipinski definition) is 0. The van der Waals surface area contributed by atoms with Gasteiger partial charge >= 0.3 is 0 Å². The standard InChI is InChI=1S/C12H23N/c1-5-8-13-9-6-7-11(13)10-12(2,3)4/h5,11H,1,6-10H2,2-4H3/t11-/m0/s1. The molecule has 0 saturated carbocycles. The largest absolute Gasteiger partial charge is 0.297 e. The van der Waals surface area contributed by atoms with E-state index in [1.54, 1.807) is 0 Å². The second kappa shape index (κ2) is 4.28. The molecule has 13 heavy (non-hydrogen) atoms. The third-order valence-corrected chi connectivity index (χ3v) is 2.71. The molecule has 1 fully saturated rings. The van der Waals surface area contributed by atoms with Crippen LogP contribution in [0.2, 0.25) is 0 Å². The predicted molar refractivity (Wildman–Crippen MR) is 58.9 cm³/mol. The Morgan fingerprint density at radius 2 is 2.15 bits per heavy atom. The first-order valence-corrected chi connectivity index (χ1v) is 5.38. The van der Waals surface area contributed by atoms with E-state index in [0.29, 0.717) is 5.41 Å². The van der Waals surface area contributed by atoms with E-state index in [9.17, 15) is 0 Å². The van der Waals surface area contributed by atoms with Crippen molar-refractivity contribution >= 4 is 0 Å². The Balaban J connectivity index is 2.43. The summed E-state index contributed by atoms with van der Waals surface area (Å²) in [5, 5.41) is 0. The minimum atomic E-state index is 0.467. The van der Waals surface area contributed by atoms with Crippen LogP contribution in [-0.2, 0) is 0 Å². The van der Waals surface area contributed by atoms with Crippen molar-refractivity contribution < 1.29 is 0 Å². The van der Waals surface area contributed by atoms with Gasteiger partial charge in [-0.1, -0.05) is 26.8 Å². The van der Waals surface area contributed by atoms with Gasteiger partial charge in [0.25, 0.3) is 0 Å². The SMILES string of the molecule is C=CCN1CCC[C@H]1CC(C)(C)C. The molecule has 0 aromatic heterocycles. The van der Waals surface area contributed by atoms with Gasteiger partial charge in [0.05, 0.1) is 0 Å². The van der Waals surface area contributed by atoms with Gasteiger partial charge in [-0.05, 0) is 31.2 Å². The van der Waals surface area contributed by atoms with Crippen LogP contribution in [0.25, 0.3) is 0 Å². The fourth-order valence-electron chi connectivity index (χ4n) is 2.24. The van der Waals surface area contributed by atoms with Gasteiger partial charge in [0.15, 0.2) is 0 Å². The Morgan fingerprint density at radius 3 is 2.69 bits per heavy atom. The van der Waals surface area contributed by atoms with Gasteiger partial charge in [0.1, 0.15) is 0 Å². The molecule has 1 atom stereocenters. The minimum Gasteiger partial charge on any atom is -0.297 e. The molecule has 0 aromatic rings. The molecule has 1 saturated heterocycles. The molecule has 0 spiro atoms. The molecule has 76 valence electrons. The molecule has 1 nitrogen and oxygen atoms in total. The molecular weight excluding hydrogens is 158 g/mol. The highest BCUT2D eigenvalue weighted by Gasteiger charge is 2.27. The lowest BCUT2D eigenvalue weighted by molar-refractivity contribution is 0.207. The molecule has 0 amide bonds. The zero-order valence-electron chi connectivity index (χ0n) is 9.34. The van der Waals surface area contributed by atoms with Gasteiger partial charge in [-0.25, -0.2) is 0 Å². The lowest BCUT2D eigenvalue weighted by Gasteiger charge is -2.29. The van der Waals surface area contributed by atoms with E-state index in [1.807, 2.05) is 6.08 Å². The zero-order chi connectivity index (χ0) is 9.90. The van der Waals surface area contributed by atoms with Gasteiger partial charge in [-0.3, -0.25) is 4.90 Å². The first-order chi connectivity index (χ1) is 6.03. The van der Waals surface area contributed by atoms with E-state index in [0.717, 1.165) is 12.6 Å². The van der Waals surface area contributed by atoms with Crippen LogP contribution in [0, 0.1) is 5.41 Å². The van der Waals surface area contributed by atoms with Crippen LogP contribution in [0.15, 0.2) is 12.7 Å². The topological polar surface area (TPSA) is 3.24 Å². The fourth-order valence-corrected chi connectivity index (χ4v) is 2.24. The normalized spacial score (nSPS) is 25.0. The average Bonchev–Trinajstić information content (AvgIpc) is 2.34. The van der Waals surface area contributed by atoms with E-state index < -0.39 is 0 Å². The van der Waals surface area contributed by atoms with E-state index in [4.69, 9.17) is 0 Å². The van der Waals surface area contributed by atoms with E-state index in [-0.39, 0.29) is 0 Å². The average molecular weight is 181 g/mol. The highest BCUT2D eigenvalue weighted by molar-refractivity contribution is 4.86. The van der Waals surface area contributed by atoms with Crippen LogP contribution in [0.5, 0.6) is 0 Å². The molecule has 1 heterocycles. The Labute approximate surface area is 82.8 Å². The molecule has 1 aliphatic heterocycles. The van der Waals surface area contributed by atoms with Crippen LogP contribution >= 0.6 is 0 Å². The van der Waals surface area contributed by atoms with Crippen molar-refractivity contribution in [2.45, 2.75) is 46.1 Å². The van der Waals surface area contributed by atoms with Gasteiger partial charge < -0.3 is 0 Å². The van der Waals surface area contributed by atoms with Gasteiger partial charge in [0, 0.05) is 12.6 Å². The zero-order valence-corrected chi connectivity index (χ0v) is 9.34. The number of rotatable bonds is 3. The molecule has 1 heteroatoms. The molecule has 0 radical (unpaired) electrons. The molecule has 1 rings (SSSR count). The maximum Gasteiger partial charge on any atom is 0.0163 e. The van der Waals surface area contributed by atoms with Gasteiger partial charge in [-0.15, -0.1) is 6.58 Å². The molecule has 0 aromatic carbocycles. The van der Waals surface area contributed by atoms with Crippen LogP contribution in [0.1, 0.15) is 40.0 Å². The van der Waals surface area contributed by atoms with Crippen molar-refractivity contribution in [3.05, 3.63) is 12.7 Å². The van der Waals surface area contributed by atoms with E-state index >= 15 is 0 Å². The monoisotopic (exact) mass is 181 g/mol. The Kier molecular flexibility index (Phi) is 3.55. The first kappa shape index (κ1) is 10.8. The molecule has 0 unspecified atom stereocenters. The Bertz CT molecular complexity index is 166. The number of hydrogen-bond acceptors (Lipinski definition) is 1. The van der Waals surface area contributed by atoms with Gasteiger partial charge in [-0.2, -0.15) is 0 Å². The van der Waals surface area contributed by atoms with E-state index in [1.165, 1.54) is 25.8 Å². The summed E-state index contributed by atoms with van der Waals surface area (Å²) < 4.78 is 0. The molecule has 1 aliphatic rings. The lowest BCUT2D eigenvalue weighted by Crippen LogP contribution is -2.32. The van der Waals surface area contributed by atoms with E-state index in [2.05, 4.69) is 32.3 Å². The fraction of sp³-hybridized carbons (Fsp3) is 0.833. The summed E-state index contributed by atoms with van der Waals surface area (Å²) in [5.74, 6) is 0. The van der Waals surface area contributed by atoms with Crippen molar-refractivity contribution in [2.75, 3.05) is 13.1 Å². The van der Waals surface area contributed by atoms with Crippen molar-refractivity contribution in [3.63, 3.8) is 0 Å². The summed E-state index contributed by atoms with van der Waals surface area (Å²) in [7, 11) is 0.